The van der Waals surface area contributed by atoms with Crippen molar-refractivity contribution in [1.82, 2.24) is 34.2 Å². The summed E-state index contributed by atoms with van der Waals surface area (Å²) in [6.45, 7) is 0.201. The van der Waals surface area contributed by atoms with Gasteiger partial charge in [0.1, 0.15) is 18.7 Å². The van der Waals surface area contributed by atoms with E-state index >= 15 is 0 Å². The molecular formula is C20H18FN7O2. The van der Waals surface area contributed by atoms with Crippen LogP contribution in [0.25, 0.3) is 16.7 Å². The lowest BCUT2D eigenvalue weighted by Crippen LogP contribution is -2.22. The molecule has 0 bridgehead atoms. The number of aryl methyl sites for hydroxylation is 1. The monoisotopic (exact) mass is 407 g/mol. The van der Waals surface area contributed by atoms with Gasteiger partial charge in [-0.25, -0.2) is 14.4 Å². The van der Waals surface area contributed by atoms with Gasteiger partial charge >= 0.3 is 0 Å². The van der Waals surface area contributed by atoms with Crippen molar-refractivity contribution in [2.45, 2.75) is 19.4 Å². The molecule has 0 N–H and O–H groups in total. The molecule has 0 amide bonds. The highest BCUT2D eigenvalue weighted by Crippen LogP contribution is 2.52. The second kappa shape index (κ2) is 7.29. The Labute approximate surface area is 169 Å². The van der Waals surface area contributed by atoms with Crippen molar-refractivity contribution in [3.63, 3.8) is 0 Å². The largest absolute Gasteiger partial charge is 0.338 e. The summed E-state index contributed by atoms with van der Waals surface area (Å²) < 4.78 is 20.5. The van der Waals surface area contributed by atoms with E-state index in [-0.39, 0.29) is 17.9 Å². The van der Waals surface area contributed by atoms with Crippen LogP contribution in [0.15, 0.2) is 52.7 Å². The van der Waals surface area contributed by atoms with E-state index in [4.69, 9.17) is 4.52 Å². The fourth-order valence-electron chi connectivity index (χ4n) is 3.67. The third-order valence-corrected chi connectivity index (χ3v) is 5.34. The van der Waals surface area contributed by atoms with Crippen molar-refractivity contribution in [3.05, 3.63) is 71.1 Å². The maximum absolute atomic E-state index is 12.6. The molecule has 4 aromatic rings. The van der Waals surface area contributed by atoms with Crippen LogP contribution in [-0.4, -0.2) is 34.2 Å². The second-order valence-corrected chi connectivity index (χ2v) is 7.46. The number of fused-ring (bicyclic) bond motifs is 2. The van der Waals surface area contributed by atoms with Crippen molar-refractivity contribution in [1.29, 1.82) is 0 Å². The van der Waals surface area contributed by atoms with Crippen LogP contribution in [0, 0.1) is 17.7 Å². The molecule has 0 saturated heterocycles. The standard InChI is InChI=1S/C11H10FN.C9H8N6O2/c12-10-1-2-11(13-6-10)9-4-7-3-8(7)5-9;1-14-4-11-8-7(14)9(16)15(5-12-8)2-6-10-3-13-17-6/h1-2,4,6-8H,3,5H2;3-5H,2H2,1H3. The zero-order valence-corrected chi connectivity index (χ0v) is 16.1. The van der Waals surface area contributed by atoms with Crippen LogP contribution in [0.3, 0.4) is 0 Å². The first-order valence-corrected chi connectivity index (χ1v) is 9.53. The predicted octanol–water partition coefficient (Wildman–Crippen LogP) is 2.21. The average Bonchev–Trinajstić information content (AvgIpc) is 3.14. The zero-order chi connectivity index (χ0) is 20.7. The Hall–Kier alpha value is -3.69. The summed E-state index contributed by atoms with van der Waals surface area (Å²) in [4.78, 5) is 28.1. The highest BCUT2D eigenvalue weighted by molar-refractivity contribution is 5.69. The number of nitrogens with zero attached hydrogens (tertiary/aromatic N) is 7. The molecule has 6 rings (SSSR count). The Morgan fingerprint density at radius 1 is 1.20 bits per heavy atom. The van der Waals surface area contributed by atoms with Crippen molar-refractivity contribution >= 4 is 16.7 Å². The van der Waals surface area contributed by atoms with Crippen LogP contribution >= 0.6 is 0 Å². The SMILES string of the molecule is Cn1cnc2ncn(Cc3ncno3)c(=O)c21.Fc1ccc(C2=CC3CC3C2)nc1. The lowest BCUT2D eigenvalue weighted by molar-refractivity contribution is 0.368. The molecule has 1 fully saturated rings. The summed E-state index contributed by atoms with van der Waals surface area (Å²) in [5.74, 6) is 1.78. The molecule has 2 unspecified atom stereocenters. The molecule has 0 spiro atoms. The fraction of sp³-hybridized carbons (Fsp3) is 0.300. The van der Waals surface area contributed by atoms with Crippen LogP contribution in [0.2, 0.25) is 0 Å². The Morgan fingerprint density at radius 2 is 2.07 bits per heavy atom. The molecule has 2 aliphatic rings. The minimum atomic E-state index is -0.257. The van der Waals surface area contributed by atoms with Gasteiger partial charge in [0.2, 0.25) is 5.89 Å². The molecule has 0 aromatic carbocycles. The molecule has 30 heavy (non-hydrogen) atoms. The van der Waals surface area contributed by atoms with E-state index in [1.54, 1.807) is 24.0 Å². The molecule has 0 aliphatic heterocycles. The Bertz CT molecular complexity index is 1270. The molecule has 152 valence electrons. The van der Waals surface area contributed by atoms with Gasteiger partial charge in [-0.15, -0.1) is 0 Å². The summed E-state index contributed by atoms with van der Waals surface area (Å²) in [5.41, 5.74) is 2.95. The van der Waals surface area contributed by atoms with Gasteiger partial charge in [-0.05, 0) is 42.4 Å². The van der Waals surface area contributed by atoms with Crippen LogP contribution in [0.5, 0.6) is 0 Å². The highest BCUT2D eigenvalue weighted by Gasteiger charge is 2.41. The zero-order valence-electron chi connectivity index (χ0n) is 16.1. The van der Waals surface area contributed by atoms with E-state index in [9.17, 15) is 9.18 Å². The summed E-state index contributed by atoms with van der Waals surface area (Å²) in [5, 5.41) is 3.48. The fourth-order valence-corrected chi connectivity index (χ4v) is 3.67. The van der Waals surface area contributed by atoms with Crippen LogP contribution in [-0.2, 0) is 13.6 Å². The molecule has 2 aliphatic carbocycles. The first-order valence-electron chi connectivity index (χ1n) is 9.53. The van der Waals surface area contributed by atoms with Crippen LogP contribution in [0.1, 0.15) is 24.4 Å². The van der Waals surface area contributed by atoms with Gasteiger partial charge in [0, 0.05) is 7.05 Å². The summed E-state index contributed by atoms with van der Waals surface area (Å²) in [7, 11) is 1.75. The lowest BCUT2D eigenvalue weighted by atomic mass is 10.1. The third kappa shape index (κ3) is 3.51. The van der Waals surface area contributed by atoms with Gasteiger partial charge in [-0.3, -0.25) is 14.3 Å². The van der Waals surface area contributed by atoms with Crippen molar-refractivity contribution < 1.29 is 8.91 Å². The van der Waals surface area contributed by atoms with Gasteiger partial charge in [-0.2, -0.15) is 4.98 Å². The molecule has 0 radical (unpaired) electrons. The first kappa shape index (κ1) is 18.3. The van der Waals surface area contributed by atoms with E-state index in [1.165, 1.54) is 41.5 Å². The normalized spacial score (nSPS) is 19.2. The van der Waals surface area contributed by atoms with E-state index in [2.05, 4.69) is 31.2 Å². The lowest BCUT2D eigenvalue weighted by Gasteiger charge is -2.01. The smallest absolute Gasteiger partial charge is 0.280 e. The molecule has 2 atom stereocenters. The number of pyridine rings is 1. The quantitative estimate of drug-likeness (QED) is 0.513. The number of hydrogen-bond donors (Lipinski definition) is 0. The summed E-state index contributed by atoms with van der Waals surface area (Å²) in [6, 6.07) is 3.25. The third-order valence-electron chi connectivity index (χ3n) is 5.34. The highest BCUT2D eigenvalue weighted by atomic mass is 19.1. The van der Waals surface area contributed by atoms with Gasteiger partial charge in [0.25, 0.3) is 5.56 Å². The molecule has 9 nitrogen and oxygen atoms in total. The number of halogens is 1. The van der Waals surface area contributed by atoms with Crippen molar-refractivity contribution in [2.24, 2.45) is 18.9 Å². The maximum atomic E-state index is 12.6. The van der Waals surface area contributed by atoms with E-state index in [0.29, 0.717) is 17.1 Å². The minimum Gasteiger partial charge on any atom is -0.338 e. The Morgan fingerprint density at radius 3 is 2.77 bits per heavy atom. The second-order valence-electron chi connectivity index (χ2n) is 7.46. The van der Waals surface area contributed by atoms with Crippen molar-refractivity contribution in [2.75, 3.05) is 0 Å². The predicted molar refractivity (Wildman–Crippen MR) is 105 cm³/mol. The molecule has 1 saturated carbocycles. The molecule has 4 heterocycles. The first-order chi connectivity index (χ1) is 14.6. The number of imidazole rings is 1. The van der Waals surface area contributed by atoms with Gasteiger partial charge in [0.15, 0.2) is 17.5 Å². The van der Waals surface area contributed by atoms with Gasteiger partial charge in [-0.1, -0.05) is 11.2 Å². The van der Waals surface area contributed by atoms with Crippen LogP contribution < -0.4 is 5.56 Å². The maximum Gasteiger partial charge on any atom is 0.280 e. The van der Waals surface area contributed by atoms with Gasteiger partial charge in [0.05, 0.1) is 18.2 Å². The van der Waals surface area contributed by atoms with E-state index < -0.39 is 0 Å². The number of rotatable bonds is 3. The van der Waals surface area contributed by atoms with E-state index in [1.807, 2.05) is 0 Å². The summed E-state index contributed by atoms with van der Waals surface area (Å²) in [6.07, 6.45) is 10.3. The number of hydrogen-bond acceptors (Lipinski definition) is 7. The number of allylic oxidation sites excluding steroid dienone is 2. The number of aromatic nitrogens is 7. The summed E-state index contributed by atoms with van der Waals surface area (Å²) >= 11 is 0. The average molecular weight is 407 g/mol. The minimum absolute atomic E-state index is 0.187. The van der Waals surface area contributed by atoms with E-state index in [0.717, 1.165) is 24.0 Å². The van der Waals surface area contributed by atoms with Crippen molar-refractivity contribution in [3.8, 4) is 0 Å². The molecule has 4 aromatic heterocycles. The molecular weight excluding hydrogens is 389 g/mol. The van der Waals surface area contributed by atoms with Crippen LogP contribution in [0.4, 0.5) is 4.39 Å². The Balaban J connectivity index is 0.000000133. The van der Waals surface area contributed by atoms with Gasteiger partial charge < -0.3 is 9.09 Å². The Kier molecular flexibility index (Phi) is 4.46. The topological polar surface area (TPSA) is 105 Å². The molecule has 10 heteroatoms.